The highest BCUT2D eigenvalue weighted by molar-refractivity contribution is 5.94. The number of carbonyl (C=O) groups excluding carboxylic acids is 1. The molecule has 0 saturated heterocycles. The van der Waals surface area contributed by atoms with Crippen LogP contribution in [0, 0.1) is 5.92 Å². The van der Waals surface area contributed by atoms with Gasteiger partial charge in [0.1, 0.15) is 11.5 Å². The van der Waals surface area contributed by atoms with Crippen LogP contribution < -0.4 is 14.8 Å². The first kappa shape index (κ1) is 24.2. The van der Waals surface area contributed by atoms with Crippen LogP contribution in [0.1, 0.15) is 57.9 Å². The molecule has 1 unspecified atom stereocenters. The number of benzene rings is 1. The lowest BCUT2D eigenvalue weighted by molar-refractivity contribution is -0.137. The summed E-state index contributed by atoms with van der Waals surface area (Å²) in [5, 5.41) is 16.6. The zero-order valence-corrected chi connectivity index (χ0v) is 19.4. The molecule has 2 aromatic rings. The Hall–Kier alpha value is -3.03. The van der Waals surface area contributed by atoms with E-state index in [2.05, 4.69) is 10.4 Å². The second-order valence-electron chi connectivity index (χ2n) is 8.93. The first-order valence-electron chi connectivity index (χ1n) is 10.3. The largest absolute Gasteiger partial charge is 0.496 e. The van der Waals surface area contributed by atoms with Gasteiger partial charge in [-0.15, -0.1) is 0 Å². The summed E-state index contributed by atoms with van der Waals surface area (Å²) >= 11 is 0. The zero-order valence-electron chi connectivity index (χ0n) is 19.4. The first-order valence-corrected chi connectivity index (χ1v) is 10.3. The van der Waals surface area contributed by atoms with Gasteiger partial charge in [0.15, 0.2) is 5.69 Å². The van der Waals surface area contributed by atoms with Gasteiger partial charge in [0, 0.05) is 6.04 Å². The molecule has 1 amide bonds. The fourth-order valence-corrected chi connectivity index (χ4v) is 3.52. The molecule has 1 aromatic heterocycles. The SMILES string of the molecule is COc1cccc(OC)c1-c1cc(C(=O)NC(CC(=O)O)CC(C)C)nn1C(C)(C)C. The van der Waals surface area contributed by atoms with Gasteiger partial charge in [0.2, 0.25) is 0 Å². The highest BCUT2D eigenvalue weighted by Crippen LogP contribution is 2.40. The Morgan fingerprint density at radius 3 is 2.19 bits per heavy atom. The maximum Gasteiger partial charge on any atom is 0.305 e. The number of nitrogens with zero attached hydrogens (tertiary/aromatic N) is 2. The van der Waals surface area contributed by atoms with E-state index in [-0.39, 0.29) is 18.0 Å². The maximum atomic E-state index is 13.0. The molecule has 2 rings (SSSR count). The van der Waals surface area contributed by atoms with Crippen LogP contribution in [0.5, 0.6) is 11.5 Å². The Morgan fingerprint density at radius 1 is 1.16 bits per heavy atom. The Labute approximate surface area is 183 Å². The third-order valence-corrected chi connectivity index (χ3v) is 4.77. The third-order valence-electron chi connectivity index (χ3n) is 4.77. The van der Waals surface area contributed by atoms with Crippen molar-refractivity contribution in [3.8, 4) is 22.8 Å². The van der Waals surface area contributed by atoms with Gasteiger partial charge in [-0.2, -0.15) is 5.10 Å². The molecule has 1 aromatic carbocycles. The van der Waals surface area contributed by atoms with Gasteiger partial charge in [0.05, 0.1) is 37.4 Å². The standard InChI is InChI=1S/C23H33N3O5/c1-14(2)11-15(12-20(27)28)24-22(29)16-13-17(26(25-16)23(3,4)5)21-18(30-6)9-8-10-19(21)31-7/h8-10,13-15H,11-12H2,1-7H3,(H,24,29)(H,27,28). The number of carboxylic acid groups (broad SMARTS) is 1. The Balaban J connectivity index is 2.52. The second-order valence-corrected chi connectivity index (χ2v) is 8.93. The van der Waals surface area contributed by atoms with Crippen molar-refractivity contribution in [2.24, 2.45) is 5.92 Å². The minimum Gasteiger partial charge on any atom is -0.496 e. The van der Waals surface area contributed by atoms with Gasteiger partial charge < -0.3 is 19.9 Å². The van der Waals surface area contributed by atoms with Crippen molar-refractivity contribution in [1.82, 2.24) is 15.1 Å². The lowest BCUT2D eigenvalue weighted by atomic mass is 10.0. The predicted octanol–water partition coefficient (Wildman–Crippen LogP) is 3.94. The van der Waals surface area contributed by atoms with Gasteiger partial charge in [-0.05, 0) is 51.3 Å². The summed E-state index contributed by atoms with van der Waals surface area (Å²) in [5.41, 5.74) is 1.14. The van der Waals surface area contributed by atoms with E-state index in [1.165, 1.54) is 0 Å². The Kier molecular flexibility index (Phi) is 7.70. The predicted molar refractivity (Wildman–Crippen MR) is 119 cm³/mol. The van der Waals surface area contributed by atoms with Gasteiger partial charge in [-0.1, -0.05) is 19.9 Å². The van der Waals surface area contributed by atoms with E-state index >= 15 is 0 Å². The molecule has 170 valence electrons. The number of aliphatic carboxylic acids is 1. The summed E-state index contributed by atoms with van der Waals surface area (Å²) in [7, 11) is 3.15. The number of carboxylic acids is 1. The molecule has 8 heteroatoms. The summed E-state index contributed by atoms with van der Waals surface area (Å²) in [6.07, 6.45) is 0.419. The summed E-state index contributed by atoms with van der Waals surface area (Å²) in [5.74, 6) is 0.0707. The molecule has 0 bridgehead atoms. The fourth-order valence-electron chi connectivity index (χ4n) is 3.52. The van der Waals surface area contributed by atoms with Crippen molar-refractivity contribution in [2.75, 3.05) is 14.2 Å². The first-order chi connectivity index (χ1) is 14.5. The summed E-state index contributed by atoms with van der Waals surface area (Å²) in [4.78, 5) is 24.2. The van der Waals surface area contributed by atoms with E-state index in [9.17, 15) is 14.7 Å². The van der Waals surface area contributed by atoms with Crippen molar-refractivity contribution in [1.29, 1.82) is 0 Å². The normalized spacial score (nSPS) is 12.5. The van der Waals surface area contributed by atoms with Gasteiger partial charge in [0.25, 0.3) is 5.91 Å². The second kappa shape index (κ2) is 9.85. The minimum atomic E-state index is -0.953. The van der Waals surface area contributed by atoms with Gasteiger partial charge in [-0.25, -0.2) is 0 Å². The van der Waals surface area contributed by atoms with Crippen molar-refractivity contribution in [3.63, 3.8) is 0 Å². The molecule has 1 atom stereocenters. The zero-order chi connectivity index (χ0) is 23.3. The van der Waals surface area contributed by atoms with E-state index in [1.807, 2.05) is 52.8 Å². The van der Waals surface area contributed by atoms with Crippen LogP contribution in [0.3, 0.4) is 0 Å². The molecular weight excluding hydrogens is 398 g/mol. The van der Waals surface area contributed by atoms with Gasteiger partial charge >= 0.3 is 5.97 Å². The topological polar surface area (TPSA) is 103 Å². The molecule has 0 aliphatic rings. The third kappa shape index (κ3) is 5.99. The summed E-state index contributed by atoms with van der Waals surface area (Å²) < 4.78 is 12.9. The van der Waals surface area contributed by atoms with Crippen molar-refractivity contribution < 1.29 is 24.2 Å². The monoisotopic (exact) mass is 431 g/mol. The molecule has 8 nitrogen and oxygen atoms in total. The number of carbonyl (C=O) groups is 2. The van der Waals surface area contributed by atoms with Crippen LogP contribution in [0.25, 0.3) is 11.3 Å². The van der Waals surface area contributed by atoms with Crippen molar-refractivity contribution in [3.05, 3.63) is 30.0 Å². The van der Waals surface area contributed by atoms with Gasteiger partial charge in [-0.3, -0.25) is 14.3 Å². The van der Waals surface area contributed by atoms with Crippen LogP contribution in [-0.4, -0.2) is 47.0 Å². The minimum absolute atomic E-state index is 0.142. The van der Waals surface area contributed by atoms with E-state index in [0.29, 0.717) is 29.2 Å². The Morgan fingerprint density at radius 2 is 1.74 bits per heavy atom. The average molecular weight is 432 g/mol. The van der Waals surface area contributed by atoms with Crippen LogP contribution in [-0.2, 0) is 10.3 Å². The quantitative estimate of drug-likeness (QED) is 0.623. The number of nitrogens with one attached hydrogen (secondary N) is 1. The molecule has 2 N–H and O–H groups in total. The molecule has 0 spiro atoms. The van der Waals surface area contributed by atoms with Crippen molar-refractivity contribution >= 4 is 11.9 Å². The maximum absolute atomic E-state index is 13.0. The van der Waals surface area contributed by atoms with Crippen LogP contribution >= 0.6 is 0 Å². The van der Waals surface area contributed by atoms with E-state index in [0.717, 1.165) is 0 Å². The number of hydrogen-bond acceptors (Lipinski definition) is 5. The fraction of sp³-hybridized carbons (Fsp3) is 0.522. The number of aromatic nitrogens is 2. The molecule has 0 fully saturated rings. The number of hydrogen-bond donors (Lipinski definition) is 2. The van der Waals surface area contributed by atoms with Crippen LogP contribution in [0.4, 0.5) is 0 Å². The lowest BCUT2D eigenvalue weighted by Gasteiger charge is -2.24. The number of amides is 1. The van der Waals surface area contributed by atoms with Crippen LogP contribution in [0.2, 0.25) is 0 Å². The number of methoxy groups -OCH3 is 2. The highest BCUT2D eigenvalue weighted by Gasteiger charge is 2.28. The highest BCUT2D eigenvalue weighted by atomic mass is 16.5. The lowest BCUT2D eigenvalue weighted by Crippen LogP contribution is -2.38. The van der Waals surface area contributed by atoms with E-state index in [1.54, 1.807) is 25.0 Å². The number of rotatable bonds is 9. The summed E-state index contributed by atoms with van der Waals surface area (Å²) in [6.45, 7) is 9.93. The smallest absolute Gasteiger partial charge is 0.305 e. The summed E-state index contributed by atoms with van der Waals surface area (Å²) in [6, 6.07) is 6.68. The molecule has 0 radical (unpaired) electrons. The molecule has 0 saturated carbocycles. The van der Waals surface area contributed by atoms with Crippen LogP contribution in [0.15, 0.2) is 24.3 Å². The van der Waals surface area contributed by atoms with E-state index in [4.69, 9.17) is 9.47 Å². The average Bonchev–Trinajstić information content (AvgIpc) is 3.11. The molecular formula is C23H33N3O5. The van der Waals surface area contributed by atoms with Crippen molar-refractivity contribution in [2.45, 2.75) is 59.0 Å². The molecule has 31 heavy (non-hydrogen) atoms. The van der Waals surface area contributed by atoms with E-state index < -0.39 is 23.5 Å². The molecule has 0 aliphatic heterocycles. The number of ether oxygens (including phenoxy) is 2. The molecule has 0 aliphatic carbocycles. The Bertz CT molecular complexity index is 906. The molecule has 1 heterocycles.